The third kappa shape index (κ3) is 1.62. The monoisotopic (exact) mass is 138 g/mol. The molecule has 0 saturated heterocycles. The van der Waals surface area contributed by atoms with Crippen molar-refractivity contribution >= 4 is 0 Å². The lowest BCUT2D eigenvalue weighted by Crippen LogP contribution is -2.17. The molecule has 0 bridgehead atoms. The van der Waals surface area contributed by atoms with Crippen LogP contribution in [0.25, 0.3) is 0 Å². The van der Waals surface area contributed by atoms with Gasteiger partial charge in [-0.3, -0.25) is 0 Å². The Hall–Kier alpha value is -0.260. The quantitative estimate of drug-likeness (QED) is 0.524. The molecule has 0 aromatic carbocycles. The Kier molecular flexibility index (Phi) is 2.53. The van der Waals surface area contributed by atoms with Crippen LogP contribution in [0.5, 0.6) is 0 Å². The van der Waals surface area contributed by atoms with E-state index in [0.29, 0.717) is 0 Å². The van der Waals surface area contributed by atoms with Crippen LogP contribution in [0.15, 0.2) is 12.2 Å². The Morgan fingerprint density at radius 3 is 2.70 bits per heavy atom. The van der Waals surface area contributed by atoms with Crippen molar-refractivity contribution in [3.63, 3.8) is 0 Å². The topological polar surface area (TPSA) is 0 Å². The number of hydrogen-bond donors (Lipinski definition) is 0. The van der Waals surface area contributed by atoms with Gasteiger partial charge in [-0.05, 0) is 31.1 Å². The summed E-state index contributed by atoms with van der Waals surface area (Å²) in [6.07, 6.45) is 5.41. The first kappa shape index (κ1) is 7.84. The van der Waals surface area contributed by atoms with E-state index in [1.807, 2.05) is 0 Å². The van der Waals surface area contributed by atoms with Crippen LogP contribution in [0, 0.1) is 11.8 Å². The molecule has 58 valence electrons. The molecule has 0 radical (unpaired) electrons. The highest BCUT2D eigenvalue weighted by atomic mass is 14.3. The fourth-order valence-electron chi connectivity index (χ4n) is 1.49. The van der Waals surface area contributed by atoms with Gasteiger partial charge in [-0.15, -0.1) is 0 Å². The zero-order valence-corrected chi connectivity index (χ0v) is 7.19. The predicted molar refractivity (Wildman–Crippen MR) is 45.9 cm³/mol. The highest BCUT2D eigenvalue weighted by Gasteiger charge is 2.22. The molecule has 1 fully saturated rings. The fourth-order valence-corrected chi connectivity index (χ4v) is 1.49. The minimum atomic E-state index is 0.884. The average molecular weight is 138 g/mol. The molecule has 2 unspecified atom stereocenters. The van der Waals surface area contributed by atoms with Crippen LogP contribution in [0.3, 0.4) is 0 Å². The molecular formula is C10H18. The molecule has 0 amide bonds. The molecule has 10 heavy (non-hydrogen) atoms. The third-order valence-corrected chi connectivity index (χ3v) is 2.78. The van der Waals surface area contributed by atoms with Crippen molar-refractivity contribution in [1.82, 2.24) is 0 Å². The van der Waals surface area contributed by atoms with Crippen molar-refractivity contribution in [2.24, 2.45) is 11.8 Å². The second-order valence-electron chi connectivity index (χ2n) is 3.64. The van der Waals surface area contributed by atoms with Crippen LogP contribution in [0.2, 0.25) is 0 Å². The Labute approximate surface area is 64.3 Å². The molecule has 2 atom stereocenters. The van der Waals surface area contributed by atoms with Gasteiger partial charge in [0, 0.05) is 0 Å². The summed E-state index contributed by atoms with van der Waals surface area (Å²) in [6.45, 7) is 8.64. The van der Waals surface area contributed by atoms with E-state index >= 15 is 0 Å². The summed E-state index contributed by atoms with van der Waals surface area (Å²) in [4.78, 5) is 0. The predicted octanol–water partition coefficient (Wildman–Crippen LogP) is 3.39. The van der Waals surface area contributed by atoms with E-state index < -0.39 is 0 Å². The van der Waals surface area contributed by atoms with Gasteiger partial charge >= 0.3 is 0 Å². The number of allylic oxidation sites excluding steroid dienone is 1. The van der Waals surface area contributed by atoms with Gasteiger partial charge < -0.3 is 0 Å². The van der Waals surface area contributed by atoms with Crippen LogP contribution in [0.1, 0.15) is 39.5 Å². The van der Waals surface area contributed by atoms with Gasteiger partial charge in [0.15, 0.2) is 0 Å². The van der Waals surface area contributed by atoms with E-state index in [9.17, 15) is 0 Å². The van der Waals surface area contributed by atoms with Gasteiger partial charge in [0.25, 0.3) is 0 Å². The molecule has 0 heteroatoms. The molecule has 1 saturated carbocycles. The third-order valence-electron chi connectivity index (χ3n) is 2.78. The van der Waals surface area contributed by atoms with Crippen molar-refractivity contribution in [2.45, 2.75) is 39.5 Å². The molecule has 0 aromatic rings. The molecule has 1 aliphatic rings. The Morgan fingerprint density at radius 1 is 1.70 bits per heavy atom. The van der Waals surface area contributed by atoms with Crippen LogP contribution >= 0.6 is 0 Å². The van der Waals surface area contributed by atoms with Crippen molar-refractivity contribution < 1.29 is 0 Å². The molecule has 0 N–H and O–H groups in total. The van der Waals surface area contributed by atoms with Gasteiger partial charge in [0.05, 0.1) is 0 Å². The van der Waals surface area contributed by atoms with Crippen LogP contribution in [-0.4, -0.2) is 0 Å². The lowest BCUT2D eigenvalue weighted by atomic mass is 9.75. The summed E-state index contributed by atoms with van der Waals surface area (Å²) >= 11 is 0. The van der Waals surface area contributed by atoms with Gasteiger partial charge in [-0.25, -0.2) is 0 Å². The van der Waals surface area contributed by atoms with E-state index in [1.165, 1.54) is 31.3 Å². The zero-order chi connectivity index (χ0) is 7.56. The molecule has 0 aliphatic heterocycles. The molecule has 0 spiro atoms. The minimum Gasteiger partial charge on any atom is -0.0996 e. The Bertz CT molecular complexity index is 124. The van der Waals surface area contributed by atoms with Gasteiger partial charge in [-0.1, -0.05) is 32.4 Å². The molecular weight excluding hydrogens is 120 g/mol. The summed E-state index contributed by atoms with van der Waals surface area (Å²) in [5.74, 6) is 1.79. The molecule has 0 aromatic heterocycles. The lowest BCUT2D eigenvalue weighted by Gasteiger charge is -2.30. The largest absolute Gasteiger partial charge is 0.0996 e. The normalized spacial score (nSPS) is 27.8. The summed E-state index contributed by atoms with van der Waals surface area (Å²) < 4.78 is 0. The van der Waals surface area contributed by atoms with Crippen LogP contribution < -0.4 is 0 Å². The maximum atomic E-state index is 4.03. The molecule has 0 nitrogen and oxygen atoms in total. The van der Waals surface area contributed by atoms with E-state index in [2.05, 4.69) is 20.4 Å². The number of rotatable bonds is 3. The Morgan fingerprint density at radius 2 is 2.40 bits per heavy atom. The standard InChI is InChI=1S/C10H18/c1-4-8(2)7-10-6-5-9(10)3/h8,10H,3-7H2,1-2H3. The molecule has 0 heterocycles. The second kappa shape index (κ2) is 3.23. The van der Waals surface area contributed by atoms with Crippen LogP contribution in [0.4, 0.5) is 0 Å². The SMILES string of the molecule is C=C1CCC1CC(C)CC. The van der Waals surface area contributed by atoms with Crippen molar-refractivity contribution in [2.75, 3.05) is 0 Å². The van der Waals surface area contributed by atoms with Crippen molar-refractivity contribution in [3.8, 4) is 0 Å². The first-order valence-corrected chi connectivity index (χ1v) is 4.41. The average Bonchev–Trinajstić information content (AvgIpc) is 1.96. The maximum absolute atomic E-state index is 4.03. The van der Waals surface area contributed by atoms with Crippen molar-refractivity contribution in [1.29, 1.82) is 0 Å². The van der Waals surface area contributed by atoms with Crippen molar-refractivity contribution in [3.05, 3.63) is 12.2 Å². The smallest absolute Gasteiger partial charge is 0.0200 e. The minimum absolute atomic E-state index is 0.884. The second-order valence-corrected chi connectivity index (χ2v) is 3.64. The van der Waals surface area contributed by atoms with E-state index in [1.54, 1.807) is 0 Å². The summed E-state index contributed by atoms with van der Waals surface area (Å²) in [5.41, 5.74) is 1.50. The molecule has 1 aliphatic carbocycles. The van der Waals surface area contributed by atoms with E-state index in [4.69, 9.17) is 0 Å². The van der Waals surface area contributed by atoms with Crippen LogP contribution in [-0.2, 0) is 0 Å². The summed E-state index contributed by atoms with van der Waals surface area (Å²) in [5, 5.41) is 0. The van der Waals surface area contributed by atoms with Gasteiger partial charge in [0.2, 0.25) is 0 Å². The molecule has 1 rings (SSSR count). The summed E-state index contributed by atoms with van der Waals surface area (Å²) in [6, 6.07) is 0. The van der Waals surface area contributed by atoms with Gasteiger partial charge in [0.1, 0.15) is 0 Å². The maximum Gasteiger partial charge on any atom is -0.0200 e. The van der Waals surface area contributed by atoms with E-state index in [-0.39, 0.29) is 0 Å². The highest BCUT2D eigenvalue weighted by Crippen LogP contribution is 2.37. The zero-order valence-electron chi connectivity index (χ0n) is 7.19. The van der Waals surface area contributed by atoms with E-state index in [0.717, 1.165) is 11.8 Å². The Balaban J connectivity index is 2.19. The first-order chi connectivity index (χ1) is 4.74. The number of hydrogen-bond acceptors (Lipinski definition) is 0. The lowest BCUT2D eigenvalue weighted by molar-refractivity contribution is 0.343. The van der Waals surface area contributed by atoms with Gasteiger partial charge in [-0.2, -0.15) is 0 Å². The fraction of sp³-hybridized carbons (Fsp3) is 0.800. The highest BCUT2D eigenvalue weighted by molar-refractivity contribution is 5.09. The summed E-state index contributed by atoms with van der Waals surface area (Å²) in [7, 11) is 0. The first-order valence-electron chi connectivity index (χ1n) is 4.41.